The molecule has 1 saturated heterocycles. The van der Waals surface area contributed by atoms with Gasteiger partial charge >= 0.3 is 0 Å². The van der Waals surface area contributed by atoms with E-state index in [0.717, 1.165) is 37.6 Å². The van der Waals surface area contributed by atoms with Gasteiger partial charge in [-0.15, -0.1) is 0 Å². The molecule has 8 heteroatoms. The number of morpholine rings is 1. The second-order valence-corrected chi connectivity index (χ2v) is 6.55. The van der Waals surface area contributed by atoms with Gasteiger partial charge in [0.15, 0.2) is 18.1 Å². The maximum atomic E-state index is 12.1. The molecule has 2 aromatic carbocycles. The Morgan fingerprint density at radius 3 is 2.63 bits per heavy atom. The highest BCUT2D eigenvalue weighted by Crippen LogP contribution is 2.27. The first kappa shape index (κ1) is 21.4. The Hall–Kier alpha value is -3.26. The third kappa shape index (κ3) is 6.12. The first-order valence-corrected chi connectivity index (χ1v) is 9.88. The van der Waals surface area contributed by atoms with Crippen molar-refractivity contribution < 1.29 is 23.8 Å². The van der Waals surface area contributed by atoms with Crippen LogP contribution in [0.3, 0.4) is 0 Å². The summed E-state index contributed by atoms with van der Waals surface area (Å²) in [7, 11) is 1.58. The van der Waals surface area contributed by atoms with Gasteiger partial charge in [-0.05, 0) is 49.4 Å². The third-order valence-corrected chi connectivity index (χ3v) is 4.49. The van der Waals surface area contributed by atoms with Crippen LogP contribution in [0.15, 0.2) is 47.6 Å². The molecular weight excluding hydrogens is 386 g/mol. The van der Waals surface area contributed by atoms with Crippen molar-refractivity contribution in [2.24, 2.45) is 5.16 Å². The van der Waals surface area contributed by atoms with Crippen molar-refractivity contribution in [2.75, 3.05) is 56.8 Å². The molecule has 1 amide bonds. The van der Waals surface area contributed by atoms with E-state index in [4.69, 9.17) is 19.0 Å². The minimum absolute atomic E-state index is 0.185. The number of benzene rings is 2. The number of methoxy groups -OCH3 is 1. The van der Waals surface area contributed by atoms with E-state index >= 15 is 0 Å². The normalized spacial score (nSPS) is 13.9. The lowest BCUT2D eigenvalue weighted by molar-refractivity contribution is -0.120. The SMILES string of the molecule is CCOc1ccc(C=NOCC(=O)Nc2ccc(N3CCOCC3)cc2)cc1OC. The van der Waals surface area contributed by atoms with Crippen molar-refractivity contribution >= 4 is 23.5 Å². The quantitative estimate of drug-likeness (QED) is 0.503. The zero-order valence-corrected chi connectivity index (χ0v) is 17.3. The van der Waals surface area contributed by atoms with Gasteiger partial charge in [0.25, 0.3) is 5.91 Å². The van der Waals surface area contributed by atoms with Crippen molar-refractivity contribution in [2.45, 2.75) is 6.92 Å². The van der Waals surface area contributed by atoms with E-state index < -0.39 is 0 Å². The summed E-state index contributed by atoms with van der Waals surface area (Å²) in [5.41, 5.74) is 2.60. The smallest absolute Gasteiger partial charge is 0.265 e. The fourth-order valence-electron chi connectivity index (χ4n) is 3.01. The van der Waals surface area contributed by atoms with Crippen molar-refractivity contribution in [1.82, 2.24) is 0 Å². The minimum atomic E-state index is -0.282. The molecule has 30 heavy (non-hydrogen) atoms. The summed E-state index contributed by atoms with van der Waals surface area (Å²) >= 11 is 0. The highest BCUT2D eigenvalue weighted by molar-refractivity contribution is 5.92. The highest BCUT2D eigenvalue weighted by atomic mass is 16.6. The van der Waals surface area contributed by atoms with Crippen molar-refractivity contribution in [1.29, 1.82) is 0 Å². The number of rotatable bonds is 9. The summed E-state index contributed by atoms with van der Waals surface area (Å²) < 4.78 is 16.1. The van der Waals surface area contributed by atoms with E-state index in [1.165, 1.54) is 6.21 Å². The summed E-state index contributed by atoms with van der Waals surface area (Å²) in [6, 6.07) is 13.1. The second-order valence-electron chi connectivity index (χ2n) is 6.55. The van der Waals surface area contributed by atoms with Gasteiger partial charge in [-0.2, -0.15) is 0 Å². The number of nitrogens with one attached hydrogen (secondary N) is 1. The van der Waals surface area contributed by atoms with Crippen molar-refractivity contribution in [3.63, 3.8) is 0 Å². The number of nitrogens with zero attached hydrogens (tertiary/aromatic N) is 2. The number of ether oxygens (including phenoxy) is 3. The Bertz CT molecular complexity index is 848. The molecule has 8 nitrogen and oxygen atoms in total. The van der Waals surface area contributed by atoms with Crippen LogP contribution in [0, 0.1) is 0 Å². The molecule has 3 rings (SSSR count). The molecule has 1 aliphatic rings. The average molecular weight is 413 g/mol. The van der Waals surface area contributed by atoms with Gasteiger partial charge in [0, 0.05) is 30.0 Å². The number of carbonyl (C=O) groups excluding carboxylic acids is 1. The van der Waals surface area contributed by atoms with Crippen LogP contribution in [0.2, 0.25) is 0 Å². The van der Waals surface area contributed by atoms with Gasteiger partial charge < -0.3 is 29.3 Å². The molecule has 0 spiro atoms. The standard InChI is InChI=1S/C22H27N3O5/c1-3-29-20-9-4-17(14-21(20)27-2)15-23-30-16-22(26)24-18-5-7-19(8-6-18)25-10-12-28-13-11-25/h4-9,14-15H,3,10-13,16H2,1-2H3,(H,24,26). The number of carbonyl (C=O) groups is 1. The van der Waals surface area contributed by atoms with E-state index in [-0.39, 0.29) is 12.5 Å². The fraction of sp³-hybridized carbons (Fsp3) is 0.364. The maximum absolute atomic E-state index is 12.1. The molecule has 0 radical (unpaired) electrons. The lowest BCUT2D eigenvalue weighted by Gasteiger charge is -2.28. The number of hydrogen-bond donors (Lipinski definition) is 1. The molecule has 0 aromatic heterocycles. The van der Waals surface area contributed by atoms with Crippen LogP contribution in [0.4, 0.5) is 11.4 Å². The maximum Gasteiger partial charge on any atom is 0.265 e. The Morgan fingerprint density at radius 2 is 1.93 bits per heavy atom. The van der Waals surface area contributed by atoms with Crippen molar-refractivity contribution in [3.8, 4) is 11.5 Å². The zero-order chi connectivity index (χ0) is 21.2. The average Bonchev–Trinajstić information content (AvgIpc) is 2.79. The summed E-state index contributed by atoms with van der Waals surface area (Å²) in [5.74, 6) is 0.992. The van der Waals surface area contributed by atoms with Gasteiger partial charge in [-0.25, -0.2) is 0 Å². The Balaban J connectivity index is 1.45. The third-order valence-electron chi connectivity index (χ3n) is 4.49. The monoisotopic (exact) mass is 413 g/mol. The summed E-state index contributed by atoms with van der Waals surface area (Å²) in [6.45, 7) is 5.50. The van der Waals surface area contributed by atoms with E-state index in [0.29, 0.717) is 23.8 Å². The molecule has 1 N–H and O–H groups in total. The molecule has 160 valence electrons. The van der Waals surface area contributed by atoms with Crippen LogP contribution in [0.5, 0.6) is 11.5 Å². The lowest BCUT2D eigenvalue weighted by Crippen LogP contribution is -2.36. The number of oxime groups is 1. The van der Waals surface area contributed by atoms with Gasteiger partial charge in [-0.3, -0.25) is 4.79 Å². The minimum Gasteiger partial charge on any atom is -0.493 e. The molecule has 2 aromatic rings. The number of hydrogen-bond acceptors (Lipinski definition) is 7. The summed E-state index contributed by atoms with van der Waals surface area (Å²) in [6.07, 6.45) is 1.52. The predicted octanol–water partition coefficient (Wildman–Crippen LogP) is 2.92. The molecule has 0 saturated carbocycles. The summed E-state index contributed by atoms with van der Waals surface area (Å²) in [5, 5.41) is 6.64. The van der Waals surface area contributed by atoms with Crippen LogP contribution in [0.25, 0.3) is 0 Å². The van der Waals surface area contributed by atoms with Crippen LogP contribution in [0.1, 0.15) is 12.5 Å². The molecule has 0 bridgehead atoms. The largest absolute Gasteiger partial charge is 0.493 e. The van der Waals surface area contributed by atoms with Gasteiger partial charge in [0.2, 0.25) is 0 Å². The molecular formula is C22H27N3O5. The second kappa shape index (κ2) is 11.1. The summed E-state index contributed by atoms with van der Waals surface area (Å²) in [4.78, 5) is 19.4. The van der Waals surface area contributed by atoms with Gasteiger partial charge in [-0.1, -0.05) is 5.16 Å². The highest BCUT2D eigenvalue weighted by Gasteiger charge is 2.11. The topological polar surface area (TPSA) is 81.6 Å². The van der Waals surface area contributed by atoms with Crippen LogP contribution >= 0.6 is 0 Å². The molecule has 0 aliphatic carbocycles. The Kier molecular flexibility index (Phi) is 7.91. The zero-order valence-electron chi connectivity index (χ0n) is 17.3. The Labute approximate surface area is 176 Å². The fourth-order valence-corrected chi connectivity index (χ4v) is 3.01. The molecule has 0 unspecified atom stereocenters. The van der Waals surface area contributed by atoms with Gasteiger partial charge in [0.1, 0.15) is 0 Å². The molecule has 1 aliphatic heterocycles. The van der Waals surface area contributed by atoms with Crippen LogP contribution < -0.4 is 19.7 Å². The van der Waals surface area contributed by atoms with E-state index in [9.17, 15) is 4.79 Å². The van der Waals surface area contributed by atoms with E-state index in [1.807, 2.05) is 37.3 Å². The first-order valence-electron chi connectivity index (χ1n) is 9.88. The first-order chi connectivity index (χ1) is 14.7. The lowest BCUT2D eigenvalue weighted by atomic mass is 10.2. The Morgan fingerprint density at radius 1 is 1.17 bits per heavy atom. The van der Waals surface area contributed by atoms with E-state index in [1.54, 1.807) is 19.2 Å². The van der Waals surface area contributed by atoms with E-state index in [2.05, 4.69) is 15.4 Å². The number of anilines is 2. The molecule has 0 atom stereocenters. The predicted molar refractivity (Wildman–Crippen MR) is 116 cm³/mol. The molecule has 1 fully saturated rings. The van der Waals surface area contributed by atoms with Crippen LogP contribution in [-0.4, -0.2) is 58.7 Å². The van der Waals surface area contributed by atoms with Crippen LogP contribution in [-0.2, 0) is 14.4 Å². The van der Waals surface area contributed by atoms with Gasteiger partial charge in [0.05, 0.1) is 33.1 Å². The number of amides is 1. The van der Waals surface area contributed by atoms with Crippen molar-refractivity contribution in [3.05, 3.63) is 48.0 Å². The molecule has 1 heterocycles.